The number of thiophene rings is 1. The quantitative estimate of drug-likeness (QED) is 0.589. The number of halogens is 1. The van der Waals surface area contributed by atoms with Crippen LogP contribution in [0, 0.1) is 5.82 Å². The second-order valence-electron chi connectivity index (χ2n) is 6.62. The van der Waals surface area contributed by atoms with Crippen LogP contribution < -0.4 is 15.5 Å². The number of hydrogen-bond acceptors (Lipinski definition) is 4. The van der Waals surface area contributed by atoms with Crippen LogP contribution in [0.2, 0.25) is 0 Å². The summed E-state index contributed by atoms with van der Waals surface area (Å²) in [6.45, 7) is 8.22. The Morgan fingerprint density at radius 3 is 2.44 bits per heavy atom. The summed E-state index contributed by atoms with van der Waals surface area (Å²) in [5.74, 6) is 0.557. The van der Waals surface area contributed by atoms with E-state index in [1.165, 1.54) is 5.56 Å². The second-order valence-corrected chi connectivity index (χ2v) is 7.40. The molecule has 3 rings (SSSR count). The second kappa shape index (κ2) is 9.71. The molecule has 0 saturated carbocycles. The number of hydrogen-bond donors (Lipinski definition) is 2. The predicted molar refractivity (Wildman–Crippen MR) is 112 cm³/mol. The van der Waals surface area contributed by atoms with Crippen molar-refractivity contribution < 1.29 is 4.39 Å². The first-order valence-corrected chi connectivity index (χ1v) is 10.3. The van der Waals surface area contributed by atoms with E-state index >= 15 is 0 Å². The molecule has 1 aromatic heterocycles. The van der Waals surface area contributed by atoms with Crippen molar-refractivity contribution in [2.75, 3.05) is 44.7 Å². The molecule has 27 heavy (non-hydrogen) atoms. The third kappa shape index (κ3) is 5.43. The van der Waals surface area contributed by atoms with Crippen LogP contribution in [-0.2, 0) is 13.1 Å². The maximum absolute atomic E-state index is 14.6. The van der Waals surface area contributed by atoms with Gasteiger partial charge in [-0.1, -0.05) is 13.0 Å². The number of piperazine rings is 1. The Hall–Kier alpha value is -2.12. The van der Waals surface area contributed by atoms with E-state index in [0.29, 0.717) is 18.2 Å². The normalized spacial score (nSPS) is 15.8. The van der Waals surface area contributed by atoms with Crippen molar-refractivity contribution in [1.82, 2.24) is 15.5 Å². The summed E-state index contributed by atoms with van der Waals surface area (Å²) in [7, 11) is 1.74. The lowest BCUT2D eigenvalue weighted by Crippen LogP contribution is -2.46. The van der Waals surface area contributed by atoms with Crippen molar-refractivity contribution in [3.05, 3.63) is 52.0 Å². The molecule has 5 nitrogen and oxygen atoms in total. The highest BCUT2D eigenvalue weighted by atomic mass is 32.1. The van der Waals surface area contributed by atoms with E-state index in [2.05, 4.69) is 49.2 Å². The van der Waals surface area contributed by atoms with Crippen molar-refractivity contribution in [1.29, 1.82) is 0 Å². The van der Waals surface area contributed by atoms with Crippen LogP contribution in [0.3, 0.4) is 0 Å². The maximum Gasteiger partial charge on any atom is 0.191 e. The van der Waals surface area contributed by atoms with E-state index in [0.717, 1.165) is 44.8 Å². The lowest BCUT2D eigenvalue weighted by Gasteiger charge is -2.35. The minimum Gasteiger partial charge on any atom is -0.367 e. The summed E-state index contributed by atoms with van der Waals surface area (Å²) in [5.41, 5.74) is 2.83. The van der Waals surface area contributed by atoms with Gasteiger partial charge in [0.25, 0.3) is 0 Å². The highest BCUT2D eigenvalue weighted by molar-refractivity contribution is 7.07. The van der Waals surface area contributed by atoms with Crippen molar-refractivity contribution in [3.63, 3.8) is 0 Å². The molecule has 0 radical (unpaired) electrons. The number of anilines is 1. The molecular weight excluding hydrogens is 361 g/mol. The van der Waals surface area contributed by atoms with Gasteiger partial charge in [0, 0.05) is 46.3 Å². The predicted octanol–water partition coefficient (Wildman–Crippen LogP) is 2.89. The Morgan fingerprint density at radius 2 is 1.85 bits per heavy atom. The lowest BCUT2D eigenvalue weighted by atomic mass is 10.1. The van der Waals surface area contributed by atoms with Crippen LogP contribution >= 0.6 is 11.3 Å². The average molecular weight is 390 g/mol. The van der Waals surface area contributed by atoms with Gasteiger partial charge in [-0.05, 0) is 46.6 Å². The molecular formula is C20H28FN5S. The summed E-state index contributed by atoms with van der Waals surface area (Å²) >= 11 is 1.68. The molecule has 1 aliphatic rings. The van der Waals surface area contributed by atoms with E-state index in [1.807, 2.05) is 12.1 Å². The number of aliphatic imine (C=N–C) groups is 1. The van der Waals surface area contributed by atoms with Crippen LogP contribution in [0.15, 0.2) is 40.0 Å². The van der Waals surface area contributed by atoms with Crippen LogP contribution in [0.25, 0.3) is 0 Å². The first kappa shape index (κ1) is 19.6. The number of nitrogens with one attached hydrogen (secondary N) is 2. The lowest BCUT2D eigenvalue weighted by molar-refractivity contribution is 0.270. The first-order valence-electron chi connectivity index (χ1n) is 9.41. The fraction of sp³-hybridized carbons (Fsp3) is 0.450. The Kier molecular flexibility index (Phi) is 7.06. The van der Waals surface area contributed by atoms with Crippen LogP contribution in [0.5, 0.6) is 0 Å². The van der Waals surface area contributed by atoms with Gasteiger partial charge in [-0.25, -0.2) is 4.39 Å². The molecule has 146 valence electrons. The monoisotopic (exact) mass is 389 g/mol. The third-order valence-corrected chi connectivity index (χ3v) is 5.63. The van der Waals surface area contributed by atoms with E-state index in [1.54, 1.807) is 24.5 Å². The van der Waals surface area contributed by atoms with Gasteiger partial charge in [-0.2, -0.15) is 11.3 Å². The standard InChI is InChI=1S/C20H28FN5S/c1-3-25-7-9-26(10-8-25)19-5-4-16(12-18(19)21)13-23-20(22-2)24-14-17-6-11-27-15-17/h4-6,11-12,15H,3,7-10,13-14H2,1-2H3,(H2,22,23,24). The van der Waals surface area contributed by atoms with E-state index in [4.69, 9.17) is 0 Å². The van der Waals surface area contributed by atoms with Crippen molar-refractivity contribution in [3.8, 4) is 0 Å². The molecule has 2 heterocycles. The number of likely N-dealkylation sites (N-methyl/N-ethyl adjacent to an activating group) is 1. The molecule has 0 aliphatic carbocycles. The van der Waals surface area contributed by atoms with Crippen LogP contribution in [0.1, 0.15) is 18.1 Å². The Bertz CT molecular complexity index is 739. The molecule has 1 aromatic carbocycles. The first-order chi connectivity index (χ1) is 13.2. The summed E-state index contributed by atoms with van der Waals surface area (Å²) in [5, 5.41) is 10.7. The Balaban J connectivity index is 1.52. The molecule has 1 saturated heterocycles. The summed E-state index contributed by atoms with van der Waals surface area (Å²) in [6, 6.07) is 7.60. The third-order valence-electron chi connectivity index (χ3n) is 4.90. The molecule has 2 aromatic rings. The fourth-order valence-electron chi connectivity index (χ4n) is 3.21. The van der Waals surface area contributed by atoms with Gasteiger partial charge >= 0.3 is 0 Å². The fourth-order valence-corrected chi connectivity index (χ4v) is 3.88. The number of rotatable bonds is 6. The molecule has 0 unspecified atom stereocenters. The average Bonchev–Trinajstić information content (AvgIpc) is 3.22. The minimum absolute atomic E-state index is 0.152. The highest BCUT2D eigenvalue weighted by Gasteiger charge is 2.18. The number of guanidine groups is 1. The van der Waals surface area contributed by atoms with Gasteiger partial charge < -0.3 is 20.4 Å². The summed E-state index contributed by atoms with van der Waals surface area (Å²) in [4.78, 5) is 8.75. The molecule has 7 heteroatoms. The van der Waals surface area contributed by atoms with Gasteiger partial charge in [0.1, 0.15) is 5.82 Å². The van der Waals surface area contributed by atoms with Gasteiger partial charge in [0.2, 0.25) is 0 Å². The van der Waals surface area contributed by atoms with Crippen LogP contribution in [-0.4, -0.2) is 50.6 Å². The minimum atomic E-state index is -0.152. The summed E-state index contributed by atoms with van der Waals surface area (Å²) < 4.78 is 14.6. The topological polar surface area (TPSA) is 42.9 Å². The van der Waals surface area contributed by atoms with Crippen molar-refractivity contribution in [2.45, 2.75) is 20.0 Å². The Morgan fingerprint density at radius 1 is 1.11 bits per heavy atom. The van der Waals surface area contributed by atoms with Gasteiger partial charge in [0.05, 0.1) is 5.69 Å². The number of nitrogens with zero attached hydrogens (tertiary/aromatic N) is 3. The Labute approximate surface area is 164 Å². The van der Waals surface area contributed by atoms with Gasteiger partial charge in [-0.3, -0.25) is 4.99 Å². The molecule has 0 spiro atoms. The molecule has 2 N–H and O–H groups in total. The molecule has 0 amide bonds. The maximum atomic E-state index is 14.6. The van der Waals surface area contributed by atoms with Gasteiger partial charge in [0.15, 0.2) is 5.96 Å². The smallest absolute Gasteiger partial charge is 0.191 e. The zero-order valence-electron chi connectivity index (χ0n) is 16.0. The molecule has 0 atom stereocenters. The zero-order valence-corrected chi connectivity index (χ0v) is 16.9. The van der Waals surface area contributed by atoms with E-state index in [-0.39, 0.29) is 5.82 Å². The largest absolute Gasteiger partial charge is 0.367 e. The molecule has 1 fully saturated rings. The van der Waals surface area contributed by atoms with E-state index in [9.17, 15) is 4.39 Å². The molecule has 0 bridgehead atoms. The zero-order chi connectivity index (χ0) is 19.1. The van der Waals surface area contributed by atoms with E-state index < -0.39 is 0 Å². The van der Waals surface area contributed by atoms with Crippen molar-refractivity contribution in [2.24, 2.45) is 4.99 Å². The SMILES string of the molecule is CCN1CCN(c2ccc(CNC(=NC)NCc3ccsc3)cc2F)CC1. The highest BCUT2D eigenvalue weighted by Crippen LogP contribution is 2.22. The number of benzene rings is 1. The summed E-state index contributed by atoms with van der Waals surface area (Å²) in [6.07, 6.45) is 0. The van der Waals surface area contributed by atoms with Crippen molar-refractivity contribution >= 4 is 23.0 Å². The van der Waals surface area contributed by atoms with Crippen LogP contribution in [0.4, 0.5) is 10.1 Å². The molecule has 1 aliphatic heterocycles. The van der Waals surface area contributed by atoms with Gasteiger partial charge in [-0.15, -0.1) is 0 Å².